The highest BCUT2D eigenvalue weighted by Crippen LogP contribution is 2.29. The van der Waals surface area contributed by atoms with E-state index < -0.39 is 0 Å². The number of rotatable bonds is 6. The number of anilines is 1. The van der Waals surface area contributed by atoms with E-state index in [0.29, 0.717) is 28.1 Å². The minimum atomic E-state index is -0.313. The number of carbonyl (C=O) groups is 1. The average molecular weight is 383 g/mol. The molecule has 3 rings (SSSR count). The van der Waals surface area contributed by atoms with E-state index in [9.17, 15) is 4.79 Å². The van der Waals surface area contributed by atoms with Crippen molar-refractivity contribution in [1.29, 1.82) is 0 Å². The SMILES string of the molecule is COc1ccc(C(=O)Nc2nnc(-c3ccc(C(C)C)cc3)s2)c(OC)c1. The second-order valence-corrected chi connectivity index (χ2v) is 7.19. The molecular formula is C20H21N3O3S. The van der Waals surface area contributed by atoms with E-state index >= 15 is 0 Å². The van der Waals surface area contributed by atoms with E-state index in [1.807, 2.05) is 12.1 Å². The second-order valence-electron chi connectivity index (χ2n) is 6.21. The summed E-state index contributed by atoms with van der Waals surface area (Å²) >= 11 is 1.32. The fraction of sp³-hybridized carbons (Fsp3) is 0.250. The van der Waals surface area contributed by atoms with E-state index in [0.717, 1.165) is 10.6 Å². The van der Waals surface area contributed by atoms with E-state index in [4.69, 9.17) is 9.47 Å². The lowest BCUT2D eigenvalue weighted by atomic mass is 10.0. The van der Waals surface area contributed by atoms with Gasteiger partial charge in [-0.25, -0.2) is 0 Å². The van der Waals surface area contributed by atoms with Gasteiger partial charge >= 0.3 is 0 Å². The Morgan fingerprint density at radius 2 is 1.78 bits per heavy atom. The number of carbonyl (C=O) groups excluding carboxylic acids is 1. The van der Waals surface area contributed by atoms with E-state index in [2.05, 4.69) is 41.5 Å². The van der Waals surface area contributed by atoms with Crippen LogP contribution in [0.2, 0.25) is 0 Å². The lowest BCUT2D eigenvalue weighted by Crippen LogP contribution is -2.13. The van der Waals surface area contributed by atoms with Crippen molar-refractivity contribution in [2.75, 3.05) is 19.5 Å². The zero-order chi connectivity index (χ0) is 19.4. The van der Waals surface area contributed by atoms with Crippen molar-refractivity contribution in [2.24, 2.45) is 0 Å². The summed E-state index contributed by atoms with van der Waals surface area (Å²) in [5.41, 5.74) is 2.64. The lowest BCUT2D eigenvalue weighted by Gasteiger charge is -2.09. The number of nitrogens with one attached hydrogen (secondary N) is 1. The van der Waals surface area contributed by atoms with Crippen molar-refractivity contribution in [3.8, 4) is 22.1 Å². The molecule has 1 aromatic heterocycles. The highest BCUT2D eigenvalue weighted by Gasteiger charge is 2.16. The maximum atomic E-state index is 12.6. The van der Waals surface area contributed by atoms with Gasteiger partial charge in [0, 0.05) is 11.6 Å². The Bertz CT molecular complexity index is 936. The van der Waals surface area contributed by atoms with Crippen LogP contribution in [-0.4, -0.2) is 30.3 Å². The summed E-state index contributed by atoms with van der Waals surface area (Å²) < 4.78 is 10.4. The topological polar surface area (TPSA) is 73.3 Å². The molecule has 1 N–H and O–H groups in total. The van der Waals surface area contributed by atoms with Crippen LogP contribution in [0.25, 0.3) is 10.6 Å². The number of hydrogen-bond donors (Lipinski definition) is 1. The molecule has 6 nitrogen and oxygen atoms in total. The molecule has 0 fully saturated rings. The minimum Gasteiger partial charge on any atom is -0.497 e. The van der Waals surface area contributed by atoms with Crippen molar-refractivity contribution in [2.45, 2.75) is 19.8 Å². The molecule has 140 valence electrons. The molecule has 0 aliphatic rings. The highest BCUT2D eigenvalue weighted by molar-refractivity contribution is 7.18. The largest absolute Gasteiger partial charge is 0.497 e. The average Bonchev–Trinajstić information content (AvgIpc) is 3.15. The molecule has 7 heteroatoms. The molecule has 0 aliphatic carbocycles. The molecule has 0 unspecified atom stereocenters. The quantitative estimate of drug-likeness (QED) is 0.673. The van der Waals surface area contributed by atoms with Crippen LogP contribution >= 0.6 is 11.3 Å². The van der Waals surface area contributed by atoms with Gasteiger partial charge in [0.1, 0.15) is 16.5 Å². The minimum absolute atomic E-state index is 0.313. The molecular weight excluding hydrogens is 362 g/mol. The summed E-state index contributed by atoms with van der Waals surface area (Å²) in [4.78, 5) is 12.6. The Balaban J connectivity index is 1.76. The van der Waals surface area contributed by atoms with Crippen LogP contribution in [0.15, 0.2) is 42.5 Å². The number of aromatic nitrogens is 2. The third-order valence-corrected chi connectivity index (χ3v) is 5.01. The van der Waals surface area contributed by atoms with Crippen molar-refractivity contribution < 1.29 is 14.3 Å². The van der Waals surface area contributed by atoms with Gasteiger partial charge in [-0.1, -0.05) is 49.4 Å². The first-order chi connectivity index (χ1) is 13.0. The Morgan fingerprint density at radius 3 is 2.41 bits per heavy atom. The molecule has 0 saturated carbocycles. The molecule has 0 radical (unpaired) electrons. The summed E-state index contributed by atoms with van der Waals surface area (Å²) in [5, 5.41) is 12.2. The molecule has 1 heterocycles. The van der Waals surface area contributed by atoms with Crippen molar-refractivity contribution in [3.63, 3.8) is 0 Å². The van der Waals surface area contributed by atoms with Gasteiger partial charge in [-0.15, -0.1) is 10.2 Å². The van der Waals surface area contributed by atoms with Crippen LogP contribution in [0.3, 0.4) is 0 Å². The Hall–Kier alpha value is -2.93. The Morgan fingerprint density at radius 1 is 1.04 bits per heavy atom. The fourth-order valence-corrected chi connectivity index (χ4v) is 3.30. The highest BCUT2D eigenvalue weighted by atomic mass is 32.1. The maximum absolute atomic E-state index is 12.6. The van der Waals surface area contributed by atoms with Crippen molar-refractivity contribution >= 4 is 22.4 Å². The normalized spacial score (nSPS) is 10.7. The first-order valence-corrected chi connectivity index (χ1v) is 9.30. The van der Waals surface area contributed by atoms with Gasteiger partial charge in [0.05, 0.1) is 19.8 Å². The molecule has 1 amide bonds. The van der Waals surface area contributed by atoms with Crippen molar-refractivity contribution in [1.82, 2.24) is 10.2 Å². The summed E-state index contributed by atoms with van der Waals surface area (Å²) in [6, 6.07) is 13.2. The Kier molecular flexibility index (Phi) is 5.71. The molecule has 0 aliphatic heterocycles. The molecule has 0 spiro atoms. The smallest absolute Gasteiger partial charge is 0.261 e. The van der Waals surface area contributed by atoms with Crippen LogP contribution < -0.4 is 14.8 Å². The molecule has 2 aromatic carbocycles. The van der Waals surface area contributed by atoms with E-state index in [1.54, 1.807) is 25.3 Å². The van der Waals surface area contributed by atoms with Gasteiger partial charge in [-0.2, -0.15) is 0 Å². The van der Waals surface area contributed by atoms with Crippen LogP contribution in [0.4, 0.5) is 5.13 Å². The number of ether oxygens (including phenoxy) is 2. The molecule has 0 atom stereocenters. The van der Waals surface area contributed by atoms with Crippen LogP contribution in [0, 0.1) is 0 Å². The summed E-state index contributed by atoms with van der Waals surface area (Å²) in [6.07, 6.45) is 0. The van der Waals surface area contributed by atoms with Gasteiger partial charge in [0.15, 0.2) is 0 Å². The van der Waals surface area contributed by atoms with Gasteiger partial charge in [-0.3, -0.25) is 10.1 Å². The third-order valence-electron chi connectivity index (χ3n) is 4.12. The summed E-state index contributed by atoms with van der Waals surface area (Å²) in [6.45, 7) is 4.31. The zero-order valence-electron chi connectivity index (χ0n) is 15.6. The number of amides is 1. The van der Waals surface area contributed by atoms with Crippen LogP contribution in [0.5, 0.6) is 11.5 Å². The lowest BCUT2D eigenvalue weighted by molar-refractivity contribution is 0.102. The Labute approximate surface area is 162 Å². The maximum Gasteiger partial charge on any atom is 0.261 e. The van der Waals surface area contributed by atoms with Crippen LogP contribution in [0.1, 0.15) is 35.7 Å². The predicted molar refractivity (Wildman–Crippen MR) is 107 cm³/mol. The monoisotopic (exact) mass is 383 g/mol. The van der Waals surface area contributed by atoms with Gasteiger partial charge in [0.2, 0.25) is 5.13 Å². The number of benzene rings is 2. The molecule has 3 aromatic rings. The first-order valence-electron chi connectivity index (χ1n) is 8.49. The standard InChI is InChI=1S/C20H21N3O3S/c1-12(2)13-5-7-14(8-6-13)19-22-23-20(27-19)21-18(24)16-10-9-15(25-3)11-17(16)26-4/h5-12H,1-4H3,(H,21,23,24). The zero-order valence-corrected chi connectivity index (χ0v) is 16.5. The summed E-state index contributed by atoms with van der Waals surface area (Å²) in [7, 11) is 3.07. The number of nitrogens with zero attached hydrogens (tertiary/aromatic N) is 2. The molecule has 0 bridgehead atoms. The predicted octanol–water partition coefficient (Wildman–Crippen LogP) is 4.60. The van der Waals surface area contributed by atoms with Crippen LogP contribution in [-0.2, 0) is 0 Å². The first kappa shape index (κ1) is 18.8. The fourth-order valence-electron chi connectivity index (χ4n) is 2.55. The van der Waals surface area contributed by atoms with E-state index in [1.165, 1.54) is 24.0 Å². The number of methoxy groups -OCH3 is 2. The van der Waals surface area contributed by atoms with Gasteiger partial charge < -0.3 is 9.47 Å². The number of hydrogen-bond acceptors (Lipinski definition) is 6. The molecule has 27 heavy (non-hydrogen) atoms. The second kappa shape index (κ2) is 8.18. The van der Waals surface area contributed by atoms with Gasteiger partial charge in [0.25, 0.3) is 5.91 Å². The third kappa shape index (κ3) is 4.25. The summed E-state index contributed by atoms with van der Waals surface area (Å²) in [5.74, 6) is 1.21. The van der Waals surface area contributed by atoms with E-state index in [-0.39, 0.29) is 5.91 Å². The van der Waals surface area contributed by atoms with Crippen molar-refractivity contribution in [3.05, 3.63) is 53.6 Å². The molecule has 0 saturated heterocycles. The van der Waals surface area contributed by atoms with Gasteiger partial charge in [-0.05, 0) is 23.6 Å².